The van der Waals surface area contributed by atoms with Crippen molar-refractivity contribution in [2.75, 3.05) is 18.8 Å². The summed E-state index contributed by atoms with van der Waals surface area (Å²) in [4.78, 5) is 18.6. The molecule has 0 aliphatic rings. The topological polar surface area (TPSA) is 63.4 Å². The standard InChI is InChI=1S/C19H26N2O3S/c1-4-11-21(12-5-2)18(22)14-25(23)13-17-15(3)24-19(20-17)16-9-7-6-8-10-16/h6-10H,4-5,11-14H2,1-3H3/t25-/m0/s1. The molecule has 1 atom stereocenters. The van der Waals surface area contributed by atoms with Gasteiger partial charge in [0.1, 0.15) is 11.5 Å². The Balaban J connectivity index is 2.01. The van der Waals surface area contributed by atoms with Crippen molar-refractivity contribution in [1.82, 2.24) is 9.88 Å². The summed E-state index contributed by atoms with van der Waals surface area (Å²) >= 11 is 0. The van der Waals surface area contributed by atoms with Crippen molar-refractivity contribution in [3.05, 3.63) is 41.8 Å². The van der Waals surface area contributed by atoms with Crippen LogP contribution >= 0.6 is 0 Å². The van der Waals surface area contributed by atoms with Gasteiger partial charge in [0.25, 0.3) is 0 Å². The number of nitrogens with zero attached hydrogens (tertiary/aromatic N) is 2. The molecular weight excluding hydrogens is 336 g/mol. The van der Waals surface area contributed by atoms with E-state index in [1.165, 1.54) is 0 Å². The van der Waals surface area contributed by atoms with Gasteiger partial charge in [0.05, 0.1) is 11.4 Å². The molecule has 0 radical (unpaired) electrons. The van der Waals surface area contributed by atoms with Crippen LogP contribution in [0.4, 0.5) is 0 Å². The van der Waals surface area contributed by atoms with E-state index >= 15 is 0 Å². The summed E-state index contributed by atoms with van der Waals surface area (Å²) in [5.41, 5.74) is 1.54. The number of amides is 1. The number of oxazole rings is 1. The molecule has 1 amide bonds. The molecule has 0 fully saturated rings. The highest BCUT2D eigenvalue weighted by Gasteiger charge is 2.18. The van der Waals surface area contributed by atoms with Gasteiger partial charge in [0.15, 0.2) is 0 Å². The second-order valence-electron chi connectivity index (χ2n) is 6.00. The van der Waals surface area contributed by atoms with Crippen LogP contribution in [0.3, 0.4) is 0 Å². The molecule has 0 bridgehead atoms. The highest BCUT2D eigenvalue weighted by atomic mass is 32.2. The Labute approximate surface area is 151 Å². The highest BCUT2D eigenvalue weighted by molar-refractivity contribution is 7.84. The van der Waals surface area contributed by atoms with Crippen molar-refractivity contribution in [2.24, 2.45) is 0 Å². The van der Waals surface area contributed by atoms with Crippen molar-refractivity contribution in [1.29, 1.82) is 0 Å². The molecule has 1 heterocycles. The number of carbonyl (C=O) groups is 1. The van der Waals surface area contributed by atoms with E-state index in [0.29, 0.717) is 30.4 Å². The Bertz CT molecular complexity index is 707. The lowest BCUT2D eigenvalue weighted by Crippen LogP contribution is -2.35. The number of hydrogen-bond acceptors (Lipinski definition) is 4. The van der Waals surface area contributed by atoms with Gasteiger partial charge >= 0.3 is 0 Å². The fourth-order valence-electron chi connectivity index (χ4n) is 2.60. The third kappa shape index (κ3) is 5.53. The summed E-state index contributed by atoms with van der Waals surface area (Å²) in [6.45, 7) is 7.32. The molecule has 2 rings (SSSR count). The monoisotopic (exact) mass is 362 g/mol. The van der Waals surface area contributed by atoms with E-state index in [4.69, 9.17) is 4.42 Å². The maximum atomic E-state index is 12.4. The minimum absolute atomic E-state index is 0.0347. The average Bonchev–Trinajstić information content (AvgIpc) is 2.96. The molecule has 0 saturated heterocycles. The third-order valence-corrected chi connectivity index (χ3v) is 5.00. The van der Waals surface area contributed by atoms with E-state index in [9.17, 15) is 9.00 Å². The van der Waals surface area contributed by atoms with Crippen molar-refractivity contribution in [3.8, 4) is 11.5 Å². The van der Waals surface area contributed by atoms with Gasteiger partial charge in [-0.15, -0.1) is 0 Å². The fourth-order valence-corrected chi connectivity index (χ4v) is 3.73. The average molecular weight is 362 g/mol. The summed E-state index contributed by atoms with van der Waals surface area (Å²) in [6, 6.07) is 9.61. The van der Waals surface area contributed by atoms with E-state index < -0.39 is 10.8 Å². The van der Waals surface area contributed by atoms with Gasteiger partial charge in [-0.3, -0.25) is 9.00 Å². The van der Waals surface area contributed by atoms with E-state index in [0.717, 1.165) is 18.4 Å². The smallest absolute Gasteiger partial charge is 0.235 e. The first-order valence-corrected chi connectivity index (χ1v) is 10.2. The van der Waals surface area contributed by atoms with E-state index in [-0.39, 0.29) is 17.4 Å². The van der Waals surface area contributed by atoms with Crippen LogP contribution in [-0.2, 0) is 21.3 Å². The maximum absolute atomic E-state index is 12.4. The molecule has 0 N–H and O–H groups in total. The van der Waals surface area contributed by atoms with Gasteiger partial charge in [0, 0.05) is 29.5 Å². The van der Waals surface area contributed by atoms with Crippen molar-refractivity contribution >= 4 is 16.7 Å². The van der Waals surface area contributed by atoms with Crippen LogP contribution in [0.25, 0.3) is 11.5 Å². The number of carbonyl (C=O) groups excluding carboxylic acids is 1. The van der Waals surface area contributed by atoms with Gasteiger partial charge in [-0.25, -0.2) is 4.98 Å². The SMILES string of the molecule is CCCN(CCC)C(=O)C[S@@](=O)Cc1nc(-c2ccccc2)oc1C. The number of aromatic nitrogens is 1. The number of benzene rings is 1. The molecule has 0 aliphatic carbocycles. The van der Waals surface area contributed by atoms with Crippen LogP contribution in [-0.4, -0.2) is 38.8 Å². The number of hydrogen-bond donors (Lipinski definition) is 0. The van der Waals surface area contributed by atoms with Crippen molar-refractivity contribution in [2.45, 2.75) is 39.4 Å². The van der Waals surface area contributed by atoms with Gasteiger partial charge in [0.2, 0.25) is 11.8 Å². The minimum atomic E-state index is -1.30. The molecule has 25 heavy (non-hydrogen) atoms. The summed E-state index contributed by atoms with van der Waals surface area (Å²) in [5.74, 6) is 1.40. The van der Waals surface area contributed by atoms with Crippen molar-refractivity contribution in [3.63, 3.8) is 0 Å². The predicted molar refractivity (Wildman–Crippen MR) is 101 cm³/mol. The van der Waals surface area contributed by atoms with E-state index in [1.54, 1.807) is 4.90 Å². The zero-order chi connectivity index (χ0) is 18.2. The first-order chi connectivity index (χ1) is 12.0. The Morgan fingerprint density at radius 2 is 1.80 bits per heavy atom. The van der Waals surface area contributed by atoms with Crippen LogP contribution in [0.15, 0.2) is 34.7 Å². The molecule has 0 spiro atoms. The van der Waals surface area contributed by atoms with Crippen LogP contribution in [0.2, 0.25) is 0 Å². The van der Waals surface area contributed by atoms with Crippen LogP contribution in [0.1, 0.15) is 38.1 Å². The normalized spacial score (nSPS) is 12.1. The molecule has 5 nitrogen and oxygen atoms in total. The van der Waals surface area contributed by atoms with E-state index in [2.05, 4.69) is 4.98 Å². The number of aryl methyl sites for hydroxylation is 1. The molecule has 0 unspecified atom stereocenters. The Morgan fingerprint density at radius 1 is 1.16 bits per heavy atom. The predicted octanol–water partition coefficient (Wildman–Crippen LogP) is 3.55. The maximum Gasteiger partial charge on any atom is 0.235 e. The Morgan fingerprint density at radius 3 is 2.40 bits per heavy atom. The molecule has 0 saturated carbocycles. The molecule has 1 aromatic heterocycles. The third-order valence-electron chi connectivity index (χ3n) is 3.84. The lowest BCUT2D eigenvalue weighted by molar-refractivity contribution is -0.128. The zero-order valence-electron chi connectivity index (χ0n) is 15.2. The lowest BCUT2D eigenvalue weighted by atomic mass is 10.2. The van der Waals surface area contributed by atoms with Crippen LogP contribution in [0, 0.1) is 6.92 Å². The largest absolute Gasteiger partial charge is 0.441 e. The highest BCUT2D eigenvalue weighted by Crippen LogP contribution is 2.22. The molecular formula is C19H26N2O3S. The first-order valence-electron chi connectivity index (χ1n) is 8.69. The summed E-state index contributed by atoms with van der Waals surface area (Å²) in [6.07, 6.45) is 1.81. The number of rotatable bonds is 9. The fraction of sp³-hybridized carbons (Fsp3) is 0.474. The molecule has 6 heteroatoms. The van der Waals surface area contributed by atoms with Crippen molar-refractivity contribution < 1.29 is 13.4 Å². The van der Waals surface area contributed by atoms with Crippen LogP contribution in [0.5, 0.6) is 0 Å². The molecule has 0 aliphatic heterocycles. The second kappa shape index (κ2) is 9.51. The van der Waals surface area contributed by atoms with Gasteiger partial charge in [-0.2, -0.15) is 0 Å². The molecule has 136 valence electrons. The quantitative estimate of drug-likeness (QED) is 0.684. The lowest BCUT2D eigenvalue weighted by Gasteiger charge is -2.21. The van der Waals surface area contributed by atoms with Gasteiger partial charge < -0.3 is 9.32 Å². The van der Waals surface area contributed by atoms with Crippen LogP contribution < -0.4 is 0 Å². The van der Waals surface area contributed by atoms with Gasteiger partial charge in [-0.05, 0) is 31.9 Å². The van der Waals surface area contributed by atoms with E-state index in [1.807, 2.05) is 51.1 Å². The molecule has 1 aromatic carbocycles. The minimum Gasteiger partial charge on any atom is -0.441 e. The summed E-state index contributed by atoms with van der Waals surface area (Å²) < 4.78 is 18.1. The summed E-state index contributed by atoms with van der Waals surface area (Å²) in [5, 5.41) is 0. The summed E-state index contributed by atoms with van der Waals surface area (Å²) in [7, 11) is -1.30. The second-order valence-corrected chi connectivity index (χ2v) is 7.45. The first kappa shape index (κ1) is 19.4. The molecule has 2 aromatic rings. The Kier molecular flexibility index (Phi) is 7.37. The Hall–Kier alpha value is -1.95. The zero-order valence-corrected chi connectivity index (χ0v) is 16.0. The van der Waals surface area contributed by atoms with Gasteiger partial charge in [-0.1, -0.05) is 32.0 Å².